The number of methoxy groups -OCH3 is 1. The van der Waals surface area contributed by atoms with E-state index in [1.807, 2.05) is 53.4 Å². The first-order valence-corrected chi connectivity index (χ1v) is 9.48. The first-order chi connectivity index (χ1) is 13.8. The van der Waals surface area contributed by atoms with Gasteiger partial charge in [-0.3, -0.25) is 0 Å². The minimum absolute atomic E-state index is 0.0476. The molecular formula is C21H24N4O3. The minimum Gasteiger partial charge on any atom is -0.454 e. The molecule has 2 aromatic carbocycles. The van der Waals surface area contributed by atoms with Crippen LogP contribution < -0.4 is 10.1 Å². The molecule has 2 aliphatic rings. The summed E-state index contributed by atoms with van der Waals surface area (Å²) in [5.41, 5.74) is 1.78. The number of amides is 2. The number of benzene rings is 2. The number of fused-ring (bicyclic) bond motifs is 2. The predicted octanol–water partition coefficient (Wildman–Crippen LogP) is 2.84. The Kier molecular flexibility index (Phi) is 5.43. The zero-order valence-electron chi connectivity index (χ0n) is 15.9. The zero-order chi connectivity index (χ0) is 19.3. The van der Waals surface area contributed by atoms with Crippen LogP contribution >= 0.6 is 0 Å². The number of hydrogen-bond acceptors (Lipinski definition) is 5. The molecule has 0 atom stereocenters. The summed E-state index contributed by atoms with van der Waals surface area (Å²) in [4.78, 5) is 21.2. The highest BCUT2D eigenvalue weighted by Crippen LogP contribution is 2.37. The van der Waals surface area contributed by atoms with Crippen molar-refractivity contribution in [2.45, 2.75) is 0 Å². The number of amidine groups is 1. The summed E-state index contributed by atoms with van der Waals surface area (Å²) in [7, 11) is 1.62. The van der Waals surface area contributed by atoms with E-state index in [0.29, 0.717) is 39.3 Å². The van der Waals surface area contributed by atoms with Gasteiger partial charge in [0.05, 0.1) is 12.2 Å². The molecule has 0 bridgehead atoms. The normalized spacial score (nSPS) is 15.7. The smallest absolute Gasteiger partial charge is 0.317 e. The molecule has 7 nitrogen and oxygen atoms in total. The zero-order valence-corrected chi connectivity index (χ0v) is 15.9. The highest BCUT2D eigenvalue weighted by molar-refractivity contribution is 6.03. The van der Waals surface area contributed by atoms with Crippen molar-refractivity contribution in [3.63, 3.8) is 0 Å². The SMILES string of the molecule is COCCNC(=O)N1CCN(C2=Nc3ccccc3Oc3ccccc32)CC1. The van der Waals surface area contributed by atoms with Crippen molar-refractivity contribution in [2.24, 2.45) is 4.99 Å². The summed E-state index contributed by atoms with van der Waals surface area (Å²) in [5, 5.41) is 2.88. The fraction of sp³-hybridized carbons (Fsp3) is 0.333. The highest BCUT2D eigenvalue weighted by Gasteiger charge is 2.27. The maximum Gasteiger partial charge on any atom is 0.317 e. The molecule has 2 aliphatic heterocycles. The van der Waals surface area contributed by atoms with E-state index in [1.54, 1.807) is 7.11 Å². The lowest BCUT2D eigenvalue weighted by atomic mass is 10.1. The van der Waals surface area contributed by atoms with Crippen LogP contribution in [0.2, 0.25) is 0 Å². The molecule has 1 N–H and O–H groups in total. The molecule has 0 radical (unpaired) electrons. The van der Waals surface area contributed by atoms with E-state index in [2.05, 4.69) is 10.2 Å². The van der Waals surface area contributed by atoms with Crippen molar-refractivity contribution in [1.82, 2.24) is 15.1 Å². The van der Waals surface area contributed by atoms with Gasteiger partial charge in [0.1, 0.15) is 17.3 Å². The van der Waals surface area contributed by atoms with Crippen LogP contribution in [0.1, 0.15) is 5.56 Å². The number of nitrogens with zero attached hydrogens (tertiary/aromatic N) is 3. The van der Waals surface area contributed by atoms with Crippen LogP contribution in [-0.2, 0) is 4.74 Å². The summed E-state index contributed by atoms with van der Waals surface area (Å²) in [6.07, 6.45) is 0. The molecule has 0 saturated carbocycles. The van der Waals surface area contributed by atoms with E-state index in [0.717, 1.165) is 28.6 Å². The van der Waals surface area contributed by atoms with Crippen molar-refractivity contribution in [1.29, 1.82) is 0 Å². The lowest BCUT2D eigenvalue weighted by molar-refractivity contribution is 0.161. The second kappa shape index (κ2) is 8.31. The maximum absolute atomic E-state index is 12.3. The van der Waals surface area contributed by atoms with E-state index >= 15 is 0 Å². The Morgan fingerprint density at radius 2 is 1.79 bits per heavy atom. The Morgan fingerprint density at radius 3 is 2.57 bits per heavy atom. The van der Waals surface area contributed by atoms with Gasteiger partial charge in [-0.25, -0.2) is 9.79 Å². The maximum atomic E-state index is 12.3. The number of hydrogen-bond donors (Lipinski definition) is 1. The third kappa shape index (κ3) is 3.80. The van der Waals surface area contributed by atoms with Crippen LogP contribution in [-0.4, -0.2) is 68.1 Å². The van der Waals surface area contributed by atoms with Crippen LogP contribution in [0.3, 0.4) is 0 Å². The van der Waals surface area contributed by atoms with E-state index in [-0.39, 0.29) is 6.03 Å². The Labute approximate surface area is 164 Å². The van der Waals surface area contributed by atoms with Gasteiger partial charge < -0.3 is 24.6 Å². The van der Waals surface area contributed by atoms with Gasteiger partial charge in [-0.1, -0.05) is 24.3 Å². The largest absolute Gasteiger partial charge is 0.454 e. The third-order valence-electron chi connectivity index (χ3n) is 4.89. The topological polar surface area (TPSA) is 66.4 Å². The molecule has 28 heavy (non-hydrogen) atoms. The van der Waals surface area contributed by atoms with Crippen molar-refractivity contribution < 1.29 is 14.3 Å². The predicted molar refractivity (Wildman–Crippen MR) is 108 cm³/mol. The molecule has 7 heteroatoms. The molecule has 2 amide bonds. The van der Waals surface area contributed by atoms with Crippen LogP contribution in [0.4, 0.5) is 10.5 Å². The lowest BCUT2D eigenvalue weighted by Gasteiger charge is -2.36. The third-order valence-corrected chi connectivity index (χ3v) is 4.89. The van der Waals surface area contributed by atoms with Crippen LogP contribution in [0, 0.1) is 0 Å². The Balaban J connectivity index is 1.53. The molecule has 146 valence electrons. The van der Waals surface area contributed by atoms with E-state index in [4.69, 9.17) is 14.5 Å². The number of aliphatic imine (C=N–C) groups is 1. The Morgan fingerprint density at radius 1 is 1.07 bits per heavy atom. The molecule has 4 rings (SSSR count). The van der Waals surface area contributed by atoms with E-state index in [9.17, 15) is 4.79 Å². The monoisotopic (exact) mass is 380 g/mol. The number of nitrogens with one attached hydrogen (secondary N) is 1. The van der Waals surface area contributed by atoms with E-state index < -0.39 is 0 Å². The first kappa shape index (κ1) is 18.3. The van der Waals surface area contributed by atoms with Crippen LogP contribution in [0.25, 0.3) is 0 Å². The van der Waals surface area contributed by atoms with Gasteiger partial charge in [-0.05, 0) is 24.3 Å². The first-order valence-electron chi connectivity index (χ1n) is 9.48. The standard InChI is InChI=1S/C21H24N4O3/c1-27-15-10-22-21(26)25-13-11-24(12-14-25)20-16-6-2-4-8-18(16)28-19-9-5-3-7-17(19)23-20/h2-9H,10-15H2,1H3,(H,22,26). The number of rotatable bonds is 3. The number of piperazine rings is 1. The average Bonchev–Trinajstić information content (AvgIpc) is 2.90. The average molecular weight is 380 g/mol. The van der Waals surface area contributed by atoms with Crippen LogP contribution in [0.5, 0.6) is 11.5 Å². The summed E-state index contributed by atoms with van der Waals surface area (Å²) >= 11 is 0. The molecule has 0 aromatic heterocycles. The van der Waals surface area contributed by atoms with Gasteiger partial charge in [0.15, 0.2) is 5.75 Å². The number of ether oxygens (including phenoxy) is 2. The number of urea groups is 1. The molecule has 0 spiro atoms. The van der Waals surface area contributed by atoms with Gasteiger partial charge in [0.25, 0.3) is 0 Å². The number of para-hydroxylation sites is 3. The van der Waals surface area contributed by atoms with E-state index in [1.165, 1.54) is 0 Å². The summed E-state index contributed by atoms with van der Waals surface area (Å²) in [5.74, 6) is 2.44. The second-order valence-corrected chi connectivity index (χ2v) is 6.70. The summed E-state index contributed by atoms with van der Waals surface area (Å²) in [6.45, 7) is 3.74. The fourth-order valence-electron chi connectivity index (χ4n) is 3.40. The summed E-state index contributed by atoms with van der Waals surface area (Å²) < 4.78 is 11.1. The van der Waals surface area contributed by atoms with Gasteiger partial charge in [-0.15, -0.1) is 0 Å². The Bertz CT molecular complexity index is 875. The highest BCUT2D eigenvalue weighted by atomic mass is 16.5. The molecule has 1 fully saturated rings. The van der Waals surface area contributed by atoms with Crippen molar-refractivity contribution >= 4 is 17.6 Å². The van der Waals surface area contributed by atoms with Gasteiger partial charge >= 0.3 is 6.03 Å². The Hall–Kier alpha value is -3.06. The van der Waals surface area contributed by atoms with Crippen LogP contribution in [0.15, 0.2) is 53.5 Å². The molecule has 1 saturated heterocycles. The lowest BCUT2D eigenvalue weighted by Crippen LogP contribution is -2.53. The van der Waals surface area contributed by atoms with Crippen molar-refractivity contribution in [3.05, 3.63) is 54.1 Å². The molecule has 2 heterocycles. The molecule has 0 aliphatic carbocycles. The fourth-order valence-corrected chi connectivity index (χ4v) is 3.40. The van der Waals surface area contributed by atoms with Crippen molar-refractivity contribution in [3.8, 4) is 11.5 Å². The summed E-state index contributed by atoms with van der Waals surface area (Å²) in [6, 6.07) is 15.7. The molecular weight excluding hydrogens is 356 g/mol. The van der Waals surface area contributed by atoms with Gasteiger partial charge in [0, 0.05) is 39.8 Å². The second-order valence-electron chi connectivity index (χ2n) is 6.70. The quantitative estimate of drug-likeness (QED) is 0.832. The van der Waals surface area contributed by atoms with Crippen molar-refractivity contribution in [2.75, 3.05) is 46.4 Å². The number of carbonyl (C=O) groups is 1. The number of carbonyl (C=O) groups excluding carboxylic acids is 1. The minimum atomic E-state index is -0.0476. The molecule has 2 aromatic rings. The molecule has 0 unspecified atom stereocenters. The van der Waals surface area contributed by atoms with Gasteiger partial charge in [0.2, 0.25) is 0 Å². The van der Waals surface area contributed by atoms with Gasteiger partial charge in [-0.2, -0.15) is 0 Å².